The highest BCUT2D eigenvalue weighted by molar-refractivity contribution is 6.04. The molecule has 0 aliphatic rings. The smallest absolute Gasteiger partial charge is 0.260 e. The molecule has 1 amide bonds. The Morgan fingerprint density at radius 2 is 2.12 bits per heavy atom. The normalized spacial score (nSPS) is 10.2. The number of nitrogens with one attached hydrogen (secondary N) is 1. The fraction of sp³-hybridized carbons (Fsp3) is 0.167. The highest BCUT2D eigenvalue weighted by Gasteiger charge is 2.14. The van der Waals surface area contributed by atoms with E-state index in [1.807, 2.05) is 6.92 Å². The maximum atomic E-state index is 12.7. The van der Waals surface area contributed by atoms with Gasteiger partial charge < -0.3 is 9.84 Å². The topological polar surface area (TPSA) is 55.1 Å². The minimum absolute atomic E-state index is 0.310. The summed E-state index contributed by atoms with van der Waals surface area (Å²) in [6.07, 6.45) is 1.96. The molecule has 2 aromatic rings. The molecule has 0 spiro atoms. The average Bonchev–Trinajstić information content (AvgIpc) is 2.80. The predicted molar refractivity (Wildman–Crippen MR) is 60.2 cm³/mol. The summed E-state index contributed by atoms with van der Waals surface area (Å²) in [5.74, 6) is -0.124. The van der Waals surface area contributed by atoms with Crippen LogP contribution in [0.15, 0.2) is 35.0 Å². The average molecular weight is 234 g/mol. The van der Waals surface area contributed by atoms with Gasteiger partial charge in [-0.1, -0.05) is 12.1 Å². The zero-order valence-corrected chi connectivity index (χ0v) is 9.24. The third kappa shape index (κ3) is 2.50. The van der Waals surface area contributed by atoms with Crippen LogP contribution in [0.4, 0.5) is 10.1 Å². The fourth-order valence-corrected chi connectivity index (χ4v) is 1.44. The Morgan fingerprint density at radius 1 is 1.41 bits per heavy atom. The molecule has 1 heterocycles. The van der Waals surface area contributed by atoms with E-state index in [-0.39, 0.29) is 11.7 Å². The first kappa shape index (κ1) is 11.3. The van der Waals surface area contributed by atoms with E-state index in [0.717, 1.165) is 0 Å². The first-order valence-electron chi connectivity index (χ1n) is 5.21. The molecule has 0 unspecified atom stereocenters. The number of amides is 1. The number of rotatable bonds is 3. The lowest BCUT2D eigenvalue weighted by Crippen LogP contribution is -2.12. The molecule has 5 heteroatoms. The Labute approximate surface area is 97.4 Å². The standard InChI is InChI=1S/C12H11FN2O2/c1-2-11-10(7-14-17-11)12(16)15-9-5-3-8(13)4-6-9/h3-7H,2H2,1H3,(H,15,16). The Bertz CT molecular complexity index is 520. The van der Waals surface area contributed by atoms with Crippen LogP contribution in [0.1, 0.15) is 23.0 Å². The van der Waals surface area contributed by atoms with Gasteiger partial charge in [-0.2, -0.15) is 0 Å². The van der Waals surface area contributed by atoms with E-state index in [2.05, 4.69) is 10.5 Å². The van der Waals surface area contributed by atoms with Crippen LogP contribution in [0.25, 0.3) is 0 Å². The van der Waals surface area contributed by atoms with E-state index in [1.54, 1.807) is 0 Å². The van der Waals surface area contributed by atoms with Crippen LogP contribution in [0, 0.1) is 5.82 Å². The molecule has 0 fully saturated rings. The van der Waals surface area contributed by atoms with E-state index in [1.165, 1.54) is 30.5 Å². The van der Waals surface area contributed by atoms with Gasteiger partial charge in [0.05, 0.1) is 6.20 Å². The summed E-state index contributed by atoms with van der Waals surface area (Å²) in [5.41, 5.74) is 0.927. The van der Waals surface area contributed by atoms with E-state index in [0.29, 0.717) is 23.4 Å². The molecule has 0 aliphatic carbocycles. The number of nitrogens with zero attached hydrogens (tertiary/aromatic N) is 1. The molecular formula is C12H11FN2O2. The van der Waals surface area contributed by atoms with Crippen molar-refractivity contribution in [3.05, 3.63) is 47.6 Å². The highest BCUT2D eigenvalue weighted by atomic mass is 19.1. The second-order valence-corrected chi connectivity index (χ2v) is 3.48. The van der Waals surface area contributed by atoms with Crippen LogP contribution < -0.4 is 5.32 Å². The van der Waals surface area contributed by atoms with E-state index in [9.17, 15) is 9.18 Å². The monoisotopic (exact) mass is 234 g/mol. The van der Waals surface area contributed by atoms with Crippen molar-refractivity contribution in [2.45, 2.75) is 13.3 Å². The lowest BCUT2D eigenvalue weighted by Gasteiger charge is -2.03. The van der Waals surface area contributed by atoms with Gasteiger partial charge in [0.25, 0.3) is 5.91 Å². The third-order valence-electron chi connectivity index (χ3n) is 2.31. The van der Waals surface area contributed by atoms with Crippen molar-refractivity contribution in [1.82, 2.24) is 5.16 Å². The molecule has 1 N–H and O–H groups in total. The molecule has 2 rings (SSSR count). The zero-order valence-electron chi connectivity index (χ0n) is 9.24. The van der Waals surface area contributed by atoms with Gasteiger partial charge in [0.2, 0.25) is 0 Å². The maximum absolute atomic E-state index is 12.7. The highest BCUT2D eigenvalue weighted by Crippen LogP contribution is 2.13. The lowest BCUT2D eigenvalue weighted by atomic mass is 10.2. The van der Waals surface area contributed by atoms with Crippen molar-refractivity contribution in [2.24, 2.45) is 0 Å². The number of aryl methyl sites for hydroxylation is 1. The Morgan fingerprint density at radius 3 is 2.76 bits per heavy atom. The zero-order chi connectivity index (χ0) is 12.3. The first-order chi connectivity index (χ1) is 8.20. The van der Waals surface area contributed by atoms with Crippen molar-refractivity contribution in [1.29, 1.82) is 0 Å². The largest absolute Gasteiger partial charge is 0.361 e. The number of hydrogen-bond donors (Lipinski definition) is 1. The molecule has 17 heavy (non-hydrogen) atoms. The molecule has 0 saturated carbocycles. The van der Waals surface area contributed by atoms with Crippen molar-refractivity contribution in [3.63, 3.8) is 0 Å². The van der Waals surface area contributed by atoms with Gasteiger partial charge in [-0.15, -0.1) is 0 Å². The van der Waals surface area contributed by atoms with Crippen LogP contribution in [0.2, 0.25) is 0 Å². The number of carbonyl (C=O) groups excluding carboxylic acids is 1. The SMILES string of the molecule is CCc1oncc1C(=O)Nc1ccc(F)cc1. The molecule has 0 aliphatic heterocycles. The Balaban J connectivity index is 2.14. The second-order valence-electron chi connectivity index (χ2n) is 3.48. The maximum Gasteiger partial charge on any atom is 0.260 e. The molecule has 0 bridgehead atoms. The summed E-state index contributed by atoms with van der Waals surface area (Å²) in [6.45, 7) is 1.87. The van der Waals surface area contributed by atoms with Crippen LogP contribution in [-0.2, 0) is 6.42 Å². The fourth-order valence-electron chi connectivity index (χ4n) is 1.44. The number of benzene rings is 1. The molecule has 0 saturated heterocycles. The first-order valence-corrected chi connectivity index (χ1v) is 5.21. The van der Waals surface area contributed by atoms with Crippen molar-refractivity contribution < 1.29 is 13.7 Å². The Kier molecular flexibility index (Phi) is 3.18. The van der Waals surface area contributed by atoms with Gasteiger partial charge in [-0.25, -0.2) is 4.39 Å². The van der Waals surface area contributed by atoms with Crippen molar-refractivity contribution in [3.8, 4) is 0 Å². The number of aromatic nitrogens is 1. The molecule has 4 nitrogen and oxygen atoms in total. The minimum Gasteiger partial charge on any atom is -0.361 e. The summed E-state index contributed by atoms with van der Waals surface area (Å²) in [5, 5.41) is 6.21. The predicted octanol–water partition coefficient (Wildman–Crippen LogP) is 2.63. The molecular weight excluding hydrogens is 223 g/mol. The van der Waals surface area contributed by atoms with Gasteiger partial charge in [0, 0.05) is 12.1 Å². The van der Waals surface area contributed by atoms with E-state index in [4.69, 9.17) is 4.52 Å². The molecule has 1 aromatic heterocycles. The molecule has 1 aromatic carbocycles. The molecule has 88 valence electrons. The molecule has 0 radical (unpaired) electrons. The lowest BCUT2D eigenvalue weighted by molar-refractivity contribution is 0.102. The summed E-state index contributed by atoms with van der Waals surface area (Å²) in [6, 6.07) is 5.55. The van der Waals surface area contributed by atoms with Gasteiger partial charge in [0.1, 0.15) is 17.1 Å². The second kappa shape index (κ2) is 4.78. The number of hydrogen-bond acceptors (Lipinski definition) is 3. The molecule has 0 atom stereocenters. The number of carbonyl (C=O) groups is 1. The van der Waals surface area contributed by atoms with Crippen molar-refractivity contribution in [2.75, 3.05) is 5.32 Å². The Hall–Kier alpha value is -2.17. The van der Waals surface area contributed by atoms with Crippen LogP contribution in [0.5, 0.6) is 0 Å². The number of anilines is 1. The summed E-state index contributed by atoms with van der Waals surface area (Å²) < 4.78 is 17.6. The van der Waals surface area contributed by atoms with Gasteiger partial charge in [0.15, 0.2) is 0 Å². The van der Waals surface area contributed by atoms with E-state index >= 15 is 0 Å². The van der Waals surface area contributed by atoms with Gasteiger partial charge in [-0.05, 0) is 24.3 Å². The van der Waals surface area contributed by atoms with E-state index < -0.39 is 0 Å². The quantitative estimate of drug-likeness (QED) is 0.888. The van der Waals surface area contributed by atoms with Crippen LogP contribution in [-0.4, -0.2) is 11.1 Å². The summed E-state index contributed by atoms with van der Waals surface area (Å²) in [7, 11) is 0. The number of halogens is 1. The summed E-state index contributed by atoms with van der Waals surface area (Å²) in [4.78, 5) is 11.8. The third-order valence-corrected chi connectivity index (χ3v) is 2.31. The summed E-state index contributed by atoms with van der Waals surface area (Å²) >= 11 is 0. The van der Waals surface area contributed by atoms with Crippen LogP contribution >= 0.6 is 0 Å². The minimum atomic E-state index is -0.345. The van der Waals surface area contributed by atoms with Crippen molar-refractivity contribution >= 4 is 11.6 Å². The van der Waals surface area contributed by atoms with Gasteiger partial charge >= 0.3 is 0 Å². The van der Waals surface area contributed by atoms with Gasteiger partial charge in [-0.3, -0.25) is 4.79 Å². The van der Waals surface area contributed by atoms with Crippen LogP contribution in [0.3, 0.4) is 0 Å².